The first kappa shape index (κ1) is 19.3. The first-order valence-electron chi connectivity index (χ1n) is 7.58. The highest BCUT2D eigenvalue weighted by atomic mass is 19.4. The Kier molecular flexibility index (Phi) is 6.21. The lowest BCUT2D eigenvalue weighted by Crippen LogP contribution is -2.12. The minimum atomic E-state index is -4.42. The summed E-state index contributed by atoms with van der Waals surface area (Å²) < 4.78 is 42.8. The Hall–Kier alpha value is -3.03. The number of hydrogen-bond donors (Lipinski definition) is 1. The average Bonchev–Trinajstić information content (AvgIpc) is 2.62. The normalized spacial score (nSPS) is 11.8. The van der Waals surface area contributed by atoms with Crippen molar-refractivity contribution in [1.29, 1.82) is 0 Å². The highest BCUT2D eigenvalue weighted by molar-refractivity contribution is 5.98. The summed E-state index contributed by atoms with van der Waals surface area (Å²) in [5, 5.41) is 6.40. The standard InChI is InChI=1S/C18H17F3N2O3/c1-12(13-7-5-8-15(10-13)18(19,20)21)23-26-11-14-6-3-4-9-16(14)22-17(24)25-2/h3-10H,11H2,1-2H3,(H,22,24). The zero-order valence-corrected chi connectivity index (χ0v) is 14.1. The van der Waals surface area contributed by atoms with Gasteiger partial charge >= 0.3 is 12.3 Å². The number of nitrogens with one attached hydrogen (secondary N) is 1. The van der Waals surface area contributed by atoms with Crippen molar-refractivity contribution in [1.82, 2.24) is 0 Å². The van der Waals surface area contributed by atoms with Gasteiger partial charge in [0.2, 0.25) is 0 Å². The molecule has 0 saturated carbocycles. The molecule has 2 aromatic rings. The molecule has 0 unspecified atom stereocenters. The summed E-state index contributed by atoms with van der Waals surface area (Å²) in [5.74, 6) is 0. The van der Waals surface area contributed by atoms with Crippen LogP contribution in [0.5, 0.6) is 0 Å². The number of para-hydroxylation sites is 1. The van der Waals surface area contributed by atoms with E-state index in [4.69, 9.17) is 4.84 Å². The van der Waals surface area contributed by atoms with E-state index in [0.717, 1.165) is 12.1 Å². The van der Waals surface area contributed by atoms with Crippen LogP contribution in [0, 0.1) is 0 Å². The second kappa shape index (κ2) is 8.37. The van der Waals surface area contributed by atoms with E-state index in [0.29, 0.717) is 22.5 Å². The molecule has 8 heteroatoms. The molecule has 0 radical (unpaired) electrons. The van der Waals surface area contributed by atoms with E-state index < -0.39 is 17.8 Å². The van der Waals surface area contributed by atoms with Gasteiger partial charge < -0.3 is 9.57 Å². The van der Waals surface area contributed by atoms with Crippen molar-refractivity contribution in [3.8, 4) is 0 Å². The van der Waals surface area contributed by atoms with Gasteiger partial charge in [0.15, 0.2) is 0 Å². The van der Waals surface area contributed by atoms with Crippen LogP contribution in [0.3, 0.4) is 0 Å². The molecule has 0 heterocycles. The summed E-state index contributed by atoms with van der Waals surface area (Å²) in [7, 11) is 1.25. The maximum Gasteiger partial charge on any atom is 0.416 e. The molecule has 0 aliphatic heterocycles. The molecular formula is C18H17F3N2O3. The molecule has 1 N–H and O–H groups in total. The number of rotatable bonds is 5. The van der Waals surface area contributed by atoms with Crippen molar-refractivity contribution in [2.45, 2.75) is 19.7 Å². The van der Waals surface area contributed by atoms with Crippen LogP contribution < -0.4 is 5.32 Å². The van der Waals surface area contributed by atoms with Gasteiger partial charge in [0.05, 0.1) is 24.1 Å². The molecule has 5 nitrogen and oxygen atoms in total. The van der Waals surface area contributed by atoms with Crippen LogP contribution in [0.4, 0.5) is 23.7 Å². The fourth-order valence-electron chi connectivity index (χ4n) is 2.10. The number of alkyl halides is 3. The predicted molar refractivity (Wildman–Crippen MR) is 90.9 cm³/mol. The lowest BCUT2D eigenvalue weighted by molar-refractivity contribution is -0.137. The molecule has 2 aromatic carbocycles. The van der Waals surface area contributed by atoms with Gasteiger partial charge in [-0.05, 0) is 30.7 Å². The maximum atomic E-state index is 12.8. The molecule has 0 aliphatic carbocycles. The highest BCUT2D eigenvalue weighted by Gasteiger charge is 2.30. The quantitative estimate of drug-likeness (QED) is 0.609. The molecule has 1 amide bonds. The summed E-state index contributed by atoms with van der Waals surface area (Å²) in [6.45, 7) is 1.57. The van der Waals surface area contributed by atoms with Crippen LogP contribution in [-0.2, 0) is 22.4 Å². The first-order chi connectivity index (χ1) is 12.3. The molecule has 0 spiro atoms. The molecule has 0 saturated heterocycles. The van der Waals surface area contributed by atoms with Crippen molar-refractivity contribution < 1.29 is 27.5 Å². The molecule has 2 rings (SSSR count). The molecule has 0 atom stereocenters. The third kappa shape index (κ3) is 5.23. The smallest absolute Gasteiger partial charge is 0.416 e. The third-order valence-electron chi connectivity index (χ3n) is 3.47. The Labute approximate surface area is 148 Å². The summed E-state index contributed by atoms with van der Waals surface area (Å²) in [6, 6.07) is 11.7. The van der Waals surface area contributed by atoms with E-state index in [1.54, 1.807) is 31.2 Å². The average molecular weight is 366 g/mol. The first-order valence-corrected chi connectivity index (χ1v) is 7.58. The van der Waals surface area contributed by atoms with Crippen molar-refractivity contribution in [2.24, 2.45) is 5.16 Å². The monoisotopic (exact) mass is 366 g/mol. The topological polar surface area (TPSA) is 59.9 Å². The predicted octanol–water partition coefficient (Wildman–Crippen LogP) is 4.82. The summed E-state index contributed by atoms with van der Waals surface area (Å²) >= 11 is 0. The summed E-state index contributed by atoms with van der Waals surface area (Å²) in [4.78, 5) is 16.6. The Morgan fingerprint density at radius 2 is 1.88 bits per heavy atom. The third-order valence-corrected chi connectivity index (χ3v) is 3.47. The Bertz CT molecular complexity index is 804. The zero-order chi connectivity index (χ0) is 19.2. The fraction of sp³-hybridized carbons (Fsp3) is 0.222. The molecule has 26 heavy (non-hydrogen) atoms. The van der Waals surface area contributed by atoms with Crippen molar-refractivity contribution in [3.05, 3.63) is 65.2 Å². The zero-order valence-electron chi connectivity index (χ0n) is 14.1. The number of benzene rings is 2. The number of oxime groups is 1. The van der Waals surface area contributed by atoms with Gasteiger partial charge in [0.1, 0.15) is 6.61 Å². The molecule has 138 valence electrons. The number of amides is 1. The van der Waals surface area contributed by atoms with Crippen LogP contribution >= 0.6 is 0 Å². The maximum absolute atomic E-state index is 12.8. The second-order valence-electron chi connectivity index (χ2n) is 5.30. The van der Waals surface area contributed by atoms with Gasteiger partial charge in [-0.15, -0.1) is 0 Å². The summed E-state index contributed by atoms with van der Waals surface area (Å²) in [5.41, 5.74) is 0.984. The van der Waals surface area contributed by atoms with Gasteiger partial charge in [0, 0.05) is 5.56 Å². The lowest BCUT2D eigenvalue weighted by Gasteiger charge is -2.10. The molecular weight excluding hydrogens is 349 g/mol. The molecule has 0 aliphatic rings. The van der Waals surface area contributed by atoms with Crippen molar-refractivity contribution >= 4 is 17.5 Å². The van der Waals surface area contributed by atoms with Gasteiger partial charge in [-0.3, -0.25) is 5.32 Å². The number of halogens is 3. The fourth-order valence-corrected chi connectivity index (χ4v) is 2.10. The lowest BCUT2D eigenvalue weighted by atomic mass is 10.1. The van der Waals surface area contributed by atoms with E-state index in [2.05, 4.69) is 15.2 Å². The minimum Gasteiger partial charge on any atom is -0.453 e. The number of carbonyl (C=O) groups excluding carboxylic acids is 1. The highest BCUT2D eigenvalue weighted by Crippen LogP contribution is 2.29. The van der Waals surface area contributed by atoms with Gasteiger partial charge in [-0.1, -0.05) is 35.5 Å². The van der Waals surface area contributed by atoms with E-state index in [-0.39, 0.29) is 6.61 Å². The Morgan fingerprint density at radius 3 is 2.58 bits per heavy atom. The number of anilines is 1. The molecule has 0 fully saturated rings. The molecule has 0 bridgehead atoms. The number of nitrogens with zero attached hydrogens (tertiary/aromatic N) is 1. The number of methoxy groups -OCH3 is 1. The minimum absolute atomic E-state index is 0.0243. The SMILES string of the molecule is COC(=O)Nc1ccccc1CON=C(C)c1cccc(C(F)(F)F)c1. The van der Waals surface area contributed by atoms with Crippen molar-refractivity contribution in [3.63, 3.8) is 0 Å². The largest absolute Gasteiger partial charge is 0.453 e. The molecule has 0 aromatic heterocycles. The van der Waals surface area contributed by atoms with E-state index >= 15 is 0 Å². The van der Waals surface area contributed by atoms with Gasteiger partial charge in [-0.2, -0.15) is 13.2 Å². The van der Waals surface area contributed by atoms with Crippen LogP contribution in [-0.4, -0.2) is 18.9 Å². The van der Waals surface area contributed by atoms with Crippen LogP contribution in [0.2, 0.25) is 0 Å². The van der Waals surface area contributed by atoms with E-state index in [1.807, 2.05) is 0 Å². The Morgan fingerprint density at radius 1 is 1.15 bits per heavy atom. The summed E-state index contributed by atoms with van der Waals surface area (Å²) in [6.07, 6.45) is -5.04. The Balaban J connectivity index is 2.08. The van der Waals surface area contributed by atoms with Crippen molar-refractivity contribution in [2.75, 3.05) is 12.4 Å². The van der Waals surface area contributed by atoms with Gasteiger partial charge in [-0.25, -0.2) is 4.79 Å². The van der Waals surface area contributed by atoms with E-state index in [9.17, 15) is 18.0 Å². The van der Waals surface area contributed by atoms with Crippen LogP contribution in [0.1, 0.15) is 23.6 Å². The second-order valence-corrected chi connectivity index (χ2v) is 5.30. The number of hydrogen-bond acceptors (Lipinski definition) is 4. The van der Waals surface area contributed by atoms with Gasteiger partial charge in [0.25, 0.3) is 0 Å². The number of carbonyl (C=O) groups is 1. The van der Waals surface area contributed by atoms with Crippen LogP contribution in [0.15, 0.2) is 53.7 Å². The van der Waals surface area contributed by atoms with Crippen LogP contribution in [0.25, 0.3) is 0 Å². The van der Waals surface area contributed by atoms with E-state index in [1.165, 1.54) is 19.2 Å². The number of ether oxygens (including phenoxy) is 1.